The monoisotopic (exact) mass is 385 g/mol. The zero-order chi connectivity index (χ0) is 19.9. The van der Waals surface area contributed by atoms with Crippen molar-refractivity contribution in [1.29, 1.82) is 5.41 Å². The largest absolute Gasteiger partial charge is 0.480 e. The highest BCUT2D eigenvalue weighted by atomic mass is 16.6. The van der Waals surface area contributed by atoms with Gasteiger partial charge in [-0.25, -0.2) is 9.59 Å². The van der Waals surface area contributed by atoms with Crippen molar-refractivity contribution in [2.24, 2.45) is 23.5 Å². The highest BCUT2D eigenvalue weighted by Gasteiger charge is 2.53. The van der Waals surface area contributed by atoms with Gasteiger partial charge < -0.3 is 20.9 Å². The van der Waals surface area contributed by atoms with E-state index >= 15 is 0 Å². The molecule has 1 aromatic carbocycles. The van der Waals surface area contributed by atoms with E-state index in [1.54, 1.807) is 24.3 Å². The van der Waals surface area contributed by atoms with Gasteiger partial charge in [0.05, 0.1) is 0 Å². The van der Waals surface area contributed by atoms with Crippen LogP contribution in [0, 0.1) is 23.2 Å². The summed E-state index contributed by atoms with van der Waals surface area (Å²) in [7, 11) is 0. The molecule has 1 atom stereocenters. The van der Waals surface area contributed by atoms with Crippen LogP contribution in [0.3, 0.4) is 0 Å². The fourth-order valence-electron chi connectivity index (χ4n) is 5.83. The minimum absolute atomic E-state index is 0.0806. The number of carboxylic acid groups (broad SMARTS) is 1. The number of aliphatic carboxylic acids is 1. The summed E-state index contributed by atoms with van der Waals surface area (Å²) in [4.78, 5) is 24.2. The lowest BCUT2D eigenvalue weighted by Crippen LogP contribution is -2.55. The van der Waals surface area contributed by atoms with Crippen LogP contribution in [0.25, 0.3) is 0 Å². The molecule has 4 aliphatic carbocycles. The summed E-state index contributed by atoms with van der Waals surface area (Å²) in [5.41, 5.74) is 6.31. The van der Waals surface area contributed by atoms with Crippen molar-refractivity contribution in [3.63, 3.8) is 0 Å². The van der Waals surface area contributed by atoms with E-state index in [1.807, 2.05) is 0 Å². The smallest absolute Gasteiger partial charge is 0.408 e. The number of alkyl carbamates (subject to hydrolysis) is 1. The second kappa shape index (κ2) is 7.11. The topological polar surface area (TPSA) is 126 Å². The Kier molecular flexibility index (Phi) is 4.77. The van der Waals surface area contributed by atoms with Gasteiger partial charge in [-0.1, -0.05) is 18.2 Å². The Labute approximate surface area is 164 Å². The van der Waals surface area contributed by atoms with E-state index < -0.39 is 23.7 Å². The number of hydrogen-bond donors (Lipinski definition) is 4. The van der Waals surface area contributed by atoms with E-state index in [4.69, 9.17) is 15.9 Å². The quantitative estimate of drug-likeness (QED) is 0.442. The maximum atomic E-state index is 12.6. The molecule has 4 saturated carbocycles. The summed E-state index contributed by atoms with van der Waals surface area (Å²) < 4.78 is 5.86. The molecule has 7 heteroatoms. The average Bonchev–Trinajstić information content (AvgIpc) is 2.59. The lowest BCUT2D eigenvalue weighted by molar-refractivity contribution is -0.141. The van der Waals surface area contributed by atoms with Gasteiger partial charge in [-0.2, -0.15) is 0 Å². The summed E-state index contributed by atoms with van der Waals surface area (Å²) in [6, 6.07) is 5.75. The molecule has 4 aliphatic rings. The zero-order valence-electron chi connectivity index (χ0n) is 15.8. The highest BCUT2D eigenvalue weighted by molar-refractivity contribution is 5.95. The molecule has 4 fully saturated rings. The van der Waals surface area contributed by atoms with Crippen molar-refractivity contribution in [3.8, 4) is 0 Å². The van der Waals surface area contributed by atoms with Crippen LogP contribution in [0.2, 0.25) is 0 Å². The molecule has 0 spiro atoms. The first-order valence-electron chi connectivity index (χ1n) is 9.97. The predicted molar refractivity (Wildman–Crippen MR) is 103 cm³/mol. The third-order valence-electron chi connectivity index (χ3n) is 6.56. The van der Waals surface area contributed by atoms with Gasteiger partial charge in [0.15, 0.2) is 0 Å². The molecule has 0 unspecified atom stereocenters. The van der Waals surface area contributed by atoms with Crippen LogP contribution < -0.4 is 11.1 Å². The molecule has 0 radical (unpaired) electrons. The van der Waals surface area contributed by atoms with E-state index in [1.165, 1.54) is 19.3 Å². The third kappa shape index (κ3) is 3.84. The van der Waals surface area contributed by atoms with Crippen molar-refractivity contribution in [1.82, 2.24) is 5.32 Å². The number of amidine groups is 1. The van der Waals surface area contributed by atoms with Crippen LogP contribution >= 0.6 is 0 Å². The Hall–Kier alpha value is -2.57. The van der Waals surface area contributed by atoms with Gasteiger partial charge in [0, 0.05) is 12.0 Å². The molecule has 7 nitrogen and oxygen atoms in total. The van der Waals surface area contributed by atoms with Gasteiger partial charge in [-0.15, -0.1) is 0 Å². The fraction of sp³-hybridized carbons (Fsp3) is 0.571. The molecule has 5 rings (SSSR count). The molecule has 1 aromatic rings. The van der Waals surface area contributed by atoms with Crippen molar-refractivity contribution in [2.75, 3.05) is 0 Å². The lowest BCUT2D eigenvalue weighted by Gasteiger charge is -2.55. The van der Waals surface area contributed by atoms with E-state index in [0.717, 1.165) is 19.3 Å². The van der Waals surface area contributed by atoms with Crippen LogP contribution in [0.15, 0.2) is 24.3 Å². The van der Waals surface area contributed by atoms with Crippen LogP contribution in [0.1, 0.15) is 49.7 Å². The normalized spacial score (nSPS) is 31.2. The van der Waals surface area contributed by atoms with Crippen molar-refractivity contribution < 1.29 is 19.4 Å². The number of nitrogens with one attached hydrogen (secondary N) is 2. The Balaban J connectivity index is 1.41. The van der Waals surface area contributed by atoms with Gasteiger partial charge in [0.1, 0.15) is 17.5 Å². The SMILES string of the molecule is N=C(N)c1cccc(C[C@@H](NC(=O)OC23CC4CC(CC(C4)C2)C3)C(=O)O)c1. The number of amides is 1. The minimum Gasteiger partial charge on any atom is -0.480 e. The van der Waals surface area contributed by atoms with Crippen molar-refractivity contribution >= 4 is 17.9 Å². The van der Waals surface area contributed by atoms with E-state index in [2.05, 4.69) is 5.32 Å². The zero-order valence-corrected chi connectivity index (χ0v) is 15.8. The van der Waals surface area contributed by atoms with E-state index in [9.17, 15) is 14.7 Å². The number of nitrogen functional groups attached to an aromatic ring is 1. The first-order valence-corrected chi connectivity index (χ1v) is 9.97. The molecular weight excluding hydrogens is 358 g/mol. The Morgan fingerprint density at radius 3 is 2.36 bits per heavy atom. The van der Waals surface area contributed by atoms with Gasteiger partial charge in [-0.05, 0) is 67.9 Å². The number of nitrogens with two attached hydrogens (primary N) is 1. The summed E-state index contributed by atoms with van der Waals surface area (Å²) in [6.45, 7) is 0. The number of ether oxygens (including phenoxy) is 1. The lowest BCUT2D eigenvalue weighted by atomic mass is 9.54. The van der Waals surface area contributed by atoms with Crippen LogP contribution in [-0.2, 0) is 16.0 Å². The number of benzene rings is 1. The number of carbonyl (C=O) groups is 2. The number of hydrogen-bond acceptors (Lipinski definition) is 4. The van der Waals surface area contributed by atoms with Crippen LogP contribution in [-0.4, -0.2) is 34.6 Å². The first kappa shape index (κ1) is 18.8. The van der Waals surface area contributed by atoms with Gasteiger partial charge >= 0.3 is 12.1 Å². The second-order valence-corrected chi connectivity index (χ2v) is 8.84. The number of carbonyl (C=O) groups excluding carboxylic acids is 1. The van der Waals surface area contributed by atoms with Crippen LogP contribution in [0.5, 0.6) is 0 Å². The maximum Gasteiger partial charge on any atom is 0.408 e. The molecule has 0 aliphatic heterocycles. The Morgan fingerprint density at radius 1 is 1.21 bits per heavy atom. The highest BCUT2D eigenvalue weighted by Crippen LogP contribution is 2.57. The Morgan fingerprint density at radius 2 is 1.82 bits per heavy atom. The van der Waals surface area contributed by atoms with Crippen LogP contribution in [0.4, 0.5) is 4.79 Å². The minimum atomic E-state index is -1.12. The summed E-state index contributed by atoms with van der Waals surface area (Å²) in [6.07, 6.45) is 5.92. The molecule has 0 aromatic heterocycles. The number of carboxylic acids is 1. The fourth-order valence-corrected chi connectivity index (χ4v) is 5.83. The standard InChI is InChI=1S/C21H27N3O4/c22-18(23)16-3-1-2-12(7-16)8-17(19(25)26)24-20(27)28-21-9-13-4-14(10-21)6-15(5-13)11-21/h1-3,7,13-15,17H,4-6,8-11H2,(H3,22,23)(H,24,27)(H,25,26)/t13?,14?,15?,17-,21?/m1/s1. The molecule has 0 heterocycles. The summed E-state index contributed by atoms with van der Waals surface area (Å²) >= 11 is 0. The average molecular weight is 385 g/mol. The molecule has 1 amide bonds. The summed E-state index contributed by atoms with van der Waals surface area (Å²) in [5.74, 6) is 0.731. The molecule has 5 N–H and O–H groups in total. The Bertz CT molecular complexity index is 771. The van der Waals surface area contributed by atoms with Gasteiger partial charge in [0.2, 0.25) is 0 Å². The number of rotatable bonds is 6. The van der Waals surface area contributed by atoms with Gasteiger partial charge in [-0.3, -0.25) is 5.41 Å². The molecule has 0 saturated heterocycles. The third-order valence-corrected chi connectivity index (χ3v) is 6.56. The maximum absolute atomic E-state index is 12.6. The molecular formula is C21H27N3O4. The molecule has 28 heavy (non-hydrogen) atoms. The van der Waals surface area contributed by atoms with Crippen molar-refractivity contribution in [2.45, 2.75) is 56.6 Å². The molecule has 150 valence electrons. The van der Waals surface area contributed by atoms with Crippen molar-refractivity contribution in [3.05, 3.63) is 35.4 Å². The molecule has 4 bridgehead atoms. The van der Waals surface area contributed by atoms with E-state index in [0.29, 0.717) is 28.9 Å². The van der Waals surface area contributed by atoms with Gasteiger partial charge in [0.25, 0.3) is 0 Å². The van der Waals surface area contributed by atoms with E-state index in [-0.39, 0.29) is 12.3 Å². The second-order valence-electron chi connectivity index (χ2n) is 8.84. The summed E-state index contributed by atoms with van der Waals surface area (Å²) in [5, 5.41) is 19.6. The first-order chi connectivity index (χ1) is 13.3. The predicted octanol–water partition coefficient (Wildman–Crippen LogP) is 2.66.